The second-order valence-electron chi connectivity index (χ2n) is 5.74. The average molecular weight is 407 g/mol. The molecule has 148 valence electrons. The fraction of sp³-hybridized carbons (Fsp3) is 0.263. The van der Waals surface area contributed by atoms with Crippen molar-refractivity contribution >= 4 is 34.0 Å². The van der Waals surface area contributed by atoms with Crippen LogP contribution in [-0.4, -0.2) is 43.4 Å². The molecule has 28 heavy (non-hydrogen) atoms. The van der Waals surface area contributed by atoms with Gasteiger partial charge in [0.25, 0.3) is 0 Å². The number of methoxy groups -OCH3 is 1. The molecule has 0 aliphatic carbocycles. The van der Waals surface area contributed by atoms with Crippen molar-refractivity contribution in [2.24, 2.45) is 5.73 Å². The summed E-state index contributed by atoms with van der Waals surface area (Å²) in [5, 5.41) is 3.93. The lowest BCUT2D eigenvalue weighted by molar-refractivity contribution is 0.105. The van der Waals surface area contributed by atoms with Crippen LogP contribution in [0.15, 0.2) is 36.7 Å². The van der Waals surface area contributed by atoms with Gasteiger partial charge in [-0.3, -0.25) is 0 Å². The lowest BCUT2D eigenvalue weighted by atomic mass is 10.2. The molecule has 2 aromatic carbocycles. The zero-order valence-corrected chi connectivity index (χ0v) is 16.0. The summed E-state index contributed by atoms with van der Waals surface area (Å²) in [4.78, 5) is 8.48. The van der Waals surface area contributed by atoms with Gasteiger partial charge in [0.2, 0.25) is 0 Å². The third-order valence-electron chi connectivity index (χ3n) is 3.85. The maximum atomic E-state index is 14.1. The average Bonchev–Trinajstić information content (AvgIpc) is 2.69. The van der Waals surface area contributed by atoms with Crippen molar-refractivity contribution in [2.75, 3.05) is 38.8 Å². The summed E-state index contributed by atoms with van der Waals surface area (Å²) < 4.78 is 30.6. The predicted octanol–water partition coefficient (Wildman–Crippen LogP) is 3.53. The highest BCUT2D eigenvalue weighted by molar-refractivity contribution is 6.30. The second-order valence-corrected chi connectivity index (χ2v) is 6.18. The Morgan fingerprint density at radius 1 is 1.11 bits per heavy atom. The topological polar surface area (TPSA) is 91.5 Å². The maximum Gasteiger partial charge on any atom is 0.163 e. The van der Waals surface area contributed by atoms with E-state index < -0.39 is 5.82 Å². The number of rotatable bonds is 9. The molecular weight excluding hydrogens is 387 g/mol. The summed E-state index contributed by atoms with van der Waals surface area (Å²) in [5.41, 5.74) is 6.25. The number of aromatic nitrogens is 2. The van der Waals surface area contributed by atoms with Crippen LogP contribution in [0.25, 0.3) is 10.9 Å². The van der Waals surface area contributed by atoms with Crippen LogP contribution >= 0.6 is 11.6 Å². The van der Waals surface area contributed by atoms with Crippen LogP contribution < -0.4 is 20.5 Å². The molecule has 3 N–H and O–H groups in total. The van der Waals surface area contributed by atoms with Crippen molar-refractivity contribution in [1.82, 2.24) is 9.97 Å². The van der Waals surface area contributed by atoms with E-state index in [0.29, 0.717) is 59.6 Å². The first-order valence-corrected chi connectivity index (χ1v) is 8.95. The Kier molecular flexibility index (Phi) is 6.80. The molecule has 0 radical (unpaired) electrons. The molecule has 0 atom stereocenters. The molecule has 0 aliphatic heterocycles. The molecule has 0 aliphatic rings. The Bertz CT molecular complexity index is 958. The van der Waals surface area contributed by atoms with E-state index in [4.69, 9.17) is 31.5 Å². The number of ether oxygens (including phenoxy) is 3. The second kappa shape index (κ2) is 9.50. The molecule has 7 nitrogen and oxygen atoms in total. The smallest absolute Gasteiger partial charge is 0.163 e. The van der Waals surface area contributed by atoms with Crippen molar-refractivity contribution in [3.05, 3.63) is 47.5 Å². The van der Waals surface area contributed by atoms with Crippen molar-refractivity contribution in [3.63, 3.8) is 0 Å². The number of benzene rings is 2. The van der Waals surface area contributed by atoms with Gasteiger partial charge in [-0.1, -0.05) is 11.6 Å². The largest absolute Gasteiger partial charge is 0.493 e. The predicted molar refractivity (Wildman–Crippen MR) is 106 cm³/mol. The Balaban J connectivity index is 1.87. The Morgan fingerprint density at radius 3 is 2.71 bits per heavy atom. The summed E-state index contributed by atoms with van der Waals surface area (Å²) in [6.45, 7) is 1.68. The number of hydrogen-bond acceptors (Lipinski definition) is 7. The van der Waals surface area contributed by atoms with Gasteiger partial charge in [-0.25, -0.2) is 14.4 Å². The van der Waals surface area contributed by atoms with E-state index in [0.717, 1.165) is 0 Å². The van der Waals surface area contributed by atoms with Crippen LogP contribution in [0, 0.1) is 5.82 Å². The van der Waals surface area contributed by atoms with Gasteiger partial charge in [-0.2, -0.15) is 0 Å². The van der Waals surface area contributed by atoms with Gasteiger partial charge in [0.1, 0.15) is 24.6 Å². The van der Waals surface area contributed by atoms with E-state index in [2.05, 4.69) is 15.3 Å². The molecule has 0 unspecified atom stereocenters. The molecule has 9 heteroatoms. The van der Waals surface area contributed by atoms with Gasteiger partial charge in [0.15, 0.2) is 11.5 Å². The highest BCUT2D eigenvalue weighted by atomic mass is 35.5. The van der Waals surface area contributed by atoms with Crippen LogP contribution in [0.5, 0.6) is 11.5 Å². The Morgan fingerprint density at radius 2 is 1.96 bits per heavy atom. The Labute approximate surface area is 166 Å². The molecule has 0 saturated heterocycles. The number of fused-ring (bicyclic) bond motifs is 1. The molecule has 0 bridgehead atoms. The van der Waals surface area contributed by atoms with Gasteiger partial charge in [0.05, 0.1) is 31.5 Å². The molecule has 0 fully saturated rings. The highest BCUT2D eigenvalue weighted by Gasteiger charge is 2.13. The van der Waals surface area contributed by atoms with Crippen LogP contribution in [0.3, 0.4) is 0 Å². The standard InChI is InChI=1S/C19H20ClFN4O3/c1-26-17-9-13-16(10-18(17)28-7-6-27-5-4-22)23-11-24-19(13)25-15-3-2-12(20)8-14(15)21/h2-3,8-11H,4-7,22H2,1H3,(H,23,24,25). The molecule has 1 aromatic heterocycles. The lowest BCUT2D eigenvalue weighted by Crippen LogP contribution is -2.13. The molecule has 3 rings (SSSR count). The maximum absolute atomic E-state index is 14.1. The number of nitrogens with one attached hydrogen (secondary N) is 1. The number of anilines is 2. The summed E-state index contributed by atoms with van der Waals surface area (Å²) in [6, 6.07) is 7.84. The van der Waals surface area contributed by atoms with Crippen LogP contribution in [-0.2, 0) is 4.74 Å². The lowest BCUT2D eigenvalue weighted by Gasteiger charge is -2.14. The van der Waals surface area contributed by atoms with Crippen LogP contribution in [0.4, 0.5) is 15.9 Å². The fourth-order valence-corrected chi connectivity index (χ4v) is 2.71. The monoisotopic (exact) mass is 406 g/mol. The summed E-state index contributed by atoms with van der Waals surface area (Å²) in [6.07, 6.45) is 1.39. The SMILES string of the molecule is COc1cc2c(Nc3ccc(Cl)cc3F)ncnc2cc1OCCOCCN. The first kappa shape index (κ1) is 20.1. The van der Waals surface area contributed by atoms with E-state index in [1.54, 1.807) is 24.3 Å². The van der Waals surface area contributed by atoms with Crippen molar-refractivity contribution < 1.29 is 18.6 Å². The quantitative estimate of drug-likeness (QED) is 0.525. The number of nitrogens with two attached hydrogens (primary N) is 1. The highest BCUT2D eigenvalue weighted by Crippen LogP contribution is 2.35. The van der Waals surface area contributed by atoms with E-state index in [9.17, 15) is 4.39 Å². The molecule has 0 spiro atoms. The molecule has 0 amide bonds. The zero-order valence-electron chi connectivity index (χ0n) is 15.2. The number of hydrogen-bond donors (Lipinski definition) is 2. The van der Waals surface area contributed by atoms with Crippen molar-refractivity contribution in [2.45, 2.75) is 0 Å². The first-order valence-electron chi connectivity index (χ1n) is 8.58. The minimum atomic E-state index is -0.483. The molecular formula is C19H20ClFN4O3. The van der Waals surface area contributed by atoms with Crippen LogP contribution in [0.1, 0.15) is 0 Å². The van der Waals surface area contributed by atoms with Gasteiger partial charge >= 0.3 is 0 Å². The van der Waals surface area contributed by atoms with Gasteiger partial charge in [-0.15, -0.1) is 0 Å². The summed E-state index contributed by atoms with van der Waals surface area (Å²) >= 11 is 5.80. The minimum Gasteiger partial charge on any atom is -0.493 e. The van der Waals surface area contributed by atoms with Gasteiger partial charge in [-0.05, 0) is 24.3 Å². The molecule has 1 heterocycles. The fourth-order valence-electron chi connectivity index (χ4n) is 2.55. The Hall–Kier alpha value is -2.68. The van der Waals surface area contributed by atoms with Crippen molar-refractivity contribution in [1.29, 1.82) is 0 Å². The third kappa shape index (κ3) is 4.78. The molecule has 3 aromatic rings. The van der Waals surface area contributed by atoms with E-state index in [1.165, 1.54) is 19.5 Å². The minimum absolute atomic E-state index is 0.251. The van der Waals surface area contributed by atoms with Crippen LogP contribution in [0.2, 0.25) is 5.02 Å². The summed E-state index contributed by atoms with van der Waals surface area (Å²) in [7, 11) is 1.54. The van der Waals surface area contributed by atoms with Gasteiger partial charge in [0, 0.05) is 23.0 Å². The summed E-state index contributed by atoms with van der Waals surface area (Å²) in [5.74, 6) is 0.973. The first-order chi connectivity index (χ1) is 13.6. The third-order valence-corrected chi connectivity index (χ3v) is 4.09. The van der Waals surface area contributed by atoms with E-state index in [-0.39, 0.29) is 5.69 Å². The van der Waals surface area contributed by atoms with Crippen molar-refractivity contribution in [3.8, 4) is 11.5 Å². The normalized spacial score (nSPS) is 10.9. The van der Waals surface area contributed by atoms with E-state index in [1.807, 2.05) is 0 Å². The zero-order chi connectivity index (χ0) is 19.9. The van der Waals surface area contributed by atoms with Gasteiger partial charge < -0.3 is 25.3 Å². The molecule has 0 saturated carbocycles. The van der Waals surface area contributed by atoms with E-state index >= 15 is 0 Å². The number of nitrogens with zero attached hydrogens (tertiary/aromatic N) is 2. The number of halogens is 2.